The maximum atomic E-state index is 2.30. The number of thiophene rings is 1. The van der Waals surface area contributed by atoms with Gasteiger partial charge in [0.15, 0.2) is 0 Å². The van der Waals surface area contributed by atoms with Crippen LogP contribution in [0.3, 0.4) is 0 Å². The molecular weight excluding hydrogens is 433 g/mol. The minimum atomic E-state index is 1.31. The van der Waals surface area contributed by atoms with Crippen LogP contribution in [0.15, 0.2) is 92.4 Å². The van der Waals surface area contributed by atoms with Crippen molar-refractivity contribution >= 4 is 55.0 Å². The zero-order valence-corrected chi connectivity index (χ0v) is 20.6. The minimum absolute atomic E-state index is 1.31. The molecule has 0 saturated heterocycles. The molecular formula is C28H24S3. The molecule has 0 aliphatic heterocycles. The largest absolute Gasteiger partial charge is 0.135 e. The lowest BCUT2D eigenvalue weighted by molar-refractivity contribution is 1.26. The van der Waals surface area contributed by atoms with E-state index in [-0.39, 0.29) is 0 Å². The smallest absolute Gasteiger partial charge is 0.0367 e. The minimum Gasteiger partial charge on any atom is -0.135 e. The zero-order chi connectivity index (χ0) is 21.5. The number of hydrogen-bond acceptors (Lipinski definition) is 3. The van der Waals surface area contributed by atoms with Gasteiger partial charge in [-0.25, -0.2) is 0 Å². The quantitative estimate of drug-likeness (QED) is 0.264. The molecule has 0 atom stereocenters. The summed E-state index contributed by atoms with van der Waals surface area (Å²) >= 11 is 5.69. The summed E-state index contributed by atoms with van der Waals surface area (Å²) in [4.78, 5) is 5.36. The highest BCUT2D eigenvalue weighted by Crippen LogP contribution is 2.47. The molecule has 0 aliphatic carbocycles. The van der Waals surface area contributed by atoms with E-state index in [0.717, 1.165) is 0 Å². The molecule has 0 N–H and O–H groups in total. The van der Waals surface area contributed by atoms with Crippen LogP contribution in [-0.2, 0) is 0 Å². The first-order chi connectivity index (χ1) is 15.0. The molecule has 5 aromatic rings. The molecule has 3 heteroatoms. The van der Waals surface area contributed by atoms with Gasteiger partial charge in [-0.3, -0.25) is 0 Å². The molecule has 0 amide bonds. The first kappa shape index (κ1) is 20.7. The number of rotatable bonds is 4. The normalized spacial score (nSPS) is 11.5. The van der Waals surface area contributed by atoms with Crippen molar-refractivity contribution in [3.8, 4) is 0 Å². The Hall–Kier alpha value is -2.20. The van der Waals surface area contributed by atoms with Gasteiger partial charge in [0.2, 0.25) is 0 Å². The van der Waals surface area contributed by atoms with Crippen LogP contribution < -0.4 is 0 Å². The van der Waals surface area contributed by atoms with Crippen molar-refractivity contribution in [2.24, 2.45) is 0 Å². The van der Waals surface area contributed by atoms with E-state index in [9.17, 15) is 0 Å². The fourth-order valence-corrected chi connectivity index (χ4v) is 7.48. The number of fused-ring (bicyclic) bond motifs is 3. The standard InChI is InChI=1S/C28H24S3/c1-17-11-13-19(3)25(15-17)30-23-9-5-7-21-27(23)28-22(29-21)8-6-10-24(28)31-26-16-18(2)12-14-20(26)4/h5-16H,1-4H3. The van der Waals surface area contributed by atoms with Gasteiger partial charge in [-0.1, -0.05) is 59.9 Å². The molecule has 1 aromatic heterocycles. The van der Waals surface area contributed by atoms with Gasteiger partial charge in [0.1, 0.15) is 0 Å². The van der Waals surface area contributed by atoms with Crippen molar-refractivity contribution in [3.63, 3.8) is 0 Å². The fourth-order valence-electron chi connectivity index (χ4n) is 3.84. The van der Waals surface area contributed by atoms with E-state index in [1.54, 1.807) is 0 Å². The van der Waals surface area contributed by atoms with Gasteiger partial charge in [0.05, 0.1) is 0 Å². The van der Waals surface area contributed by atoms with Crippen LogP contribution in [-0.4, -0.2) is 0 Å². The van der Waals surface area contributed by atoms with Crippen LogP contribution >= 0.6 is 34.9 Å². The number of benzene rings is 4. The van der Waals surface area contributed by atoms with Crippen LogP contribution in [0.25, 0.3) is 20.2 Å². The van der Waals surface area contributed by atoms with Crippen LogP contribution in [0.2, 0.25) is 0 Å². The molecule has 1 heterocycles. The van der Waals surface area contributed by atoms with Crippen molar-refractivity contribution in [3.05, 3.63) is 95.1 Å². The Labute approximate surface area is 196 Å². The molecule has 154 valence electrons. The summed E-state index contributed by atoms with van der Waals surface area (Å²) in [7, 11) is 0. The highest BCUT2D eigenvalue weighted by atomic mass is 32.2. The second-order valence-corrected chi connectivity index (χ2v) is 11.4. The zero-order valence-electron chi connectivity index (χ0n) is 18.2. The van der Waals surface area contributed by atoms with E-state index >= 15 is 0 Å². The summed E-state index contributed by atoms with van der Waals surface area (Å²) in [5.74, 6) is 0. The maximum Gasteiger partial charge on any atom is 0.0367 e. The molecule has 0 radical (unpaired) electrons. The maximum absolute atomic E-state index is 2.30. The summed E-state index contributed by atoms with van der Waals surface area (Å²) in [6.07, 6.45) is 0. The van der Waals surface area contributed by atoms with Gasteiger partial charge < -0.3 is 0 Å². The van der Waals surface area contributed by atoms with Gasteiger partial charge in [-0.2, -0.15) is 0 Å². The molecule has 0 saturated carbocycles. The van der Waals surface area contributed by atoms with Crippen LogP contribution in [0, 0.1) is 27.7 Å². The number of aryl methyl sites for hydroxylation is 4. The second-order valence-electron chi connectivity index (χ2n) is 8.10. The molecule has 0 spiro atoms. The third kappa shape index (κ3) is 4.03. The highest BCUT2D eigenvalue weighted by Gasteiger charge is 2.15. The average molecular weight is 457 g/mol. The van der Waals surface area contributed by atoms with Crippen LogP contribution in [0.5, 0.6) is 0 Å². The van der Waals surface area contributed by atoms with Gasteiger partial charge >= 0.3 is 0 Å². The second kappa shape index (κ2) is 8.38. The van der Waals surface area contributed by atoms with Crippen molar-refractivity contribution in [2.75, 3.05) is 0 Å². The average Bonchev–Trinajstić information content (AvgIpc) is 3.14. The summed E-state index contributed by atoms with van der Waals surface area (Å²) in [6.45, 7) is 8.75. The van der Waals surface area contributed by atoms with Gasteiger partial charge in [-0.15, -0.1) is 11.3 Å². The molecule has 0 aliphatic rings. The summed E-state index contributed by atoms with van der Waals surface area (Å²) in [6, 6.07) is 26.9. The van der Waals surface area contributed by atoms with E-state index in [1.807, 2.05) is 34.9 Å². The number of hydrogen-bond donors (Lipinski definition) is 0. The molecule has 0 nitrogen and oxygen atoms in total. The highest BCUT2D eigenvalue weighted by molar-refractivity contribution is 8.00. The SMILES string of the molecule is Cc1ccc(C)c(Sc2cccc3sc4cccc(Sc5cc(C)ccc5C)c4c23)c1. The first-order valence-corrected chi connectivity index (χ1v) is 12.9. The summed E-state index contributed by atoms with van der Waals surface area (Å²) in [5.41, 5.74) is 5.28. The van der Waals surface area contributed by atoms with E-state index in [0.29, 0.717) is 0 Å². The third-order valence-corrected chi connectivity index (χ3v) is 9.13. The predicted molar refractivity (Wildman–Crippen MR) is 139 cm³/mol. The molecule has 0 fully saturated rings. The van der Waals surface area contributed by atoms with Crippen molar-refractivity contribution < 1.29 is 0 Å². The predicted octanol–water partition coefficient (Wildman–Crippen LogP) is 9.59. The first-order valence-electron chi connectivity index (χ1n) is 10.4. The molecule has 31 heavy (non-hydrogen) atoms. The lowest BCUT2D eigenvalue weighted by atomic mass is 10.1. The van der Waals surface area contributed by atoms with Gasteiger partial charge in [-0.05, 0) is 86.3 Å². The van der Waals surface area contributed by atoms with Gasteiger partial charge in [0, 0.05) is 39.8 Å². The van der Waals surface area contributed by atoms with E-state index < -0.39 is 0 Å². The summed E-state index contributed by atoms with van der Waals surface area (Å²) in [5, 5.41) is 2.78. The molecule has 0 unspecified atom stereocenters. The van der Waals surface area contributed by atoms with Crippen LogP contribution in [0.1, 0.15) is 22.3 Å². The monoisotopic (exact) mass is 456 g/mol. The lowest BCUT2D eigenvalue weighted by Gasteiger charge is -2.11. The lowest BCUT2D eigenvalue weighted by Crippen LogP contribution is -1.84. The topological polar surface area (TPSA) is 0 Å². The Morgan fingerprint density at radius 1 is 0.516 bits per heavy atom. The van der Waals surface area contributed by atoms with Crippen molar-refractivity contribution in [1.29, 1.82) is 0 Å². The summed E-state index contributed by atoms with van der Waals surface area (Å²) < 4.78 is 2.72. The Kier molecular flexibility index (Phi) is 5.60. The third-order valence-electron chi connectivity index (χ3n) is 5.57. The van der Waals surface area contributed by atoms with E-state index in [4.69, 9.17) is 0 Å². The Bertz CT molecular complexity index is 1320. The Balaban J connectivity index is 1.69. The van der Waals surface area contributed by atoms with E-state index in [2.05, 4.69) is 100 Å². The Morgan fingerprint density at radius 3 is 1.42 bits per heavy atom. The van der Waals surface area contributed by atoms with Crippen molar-refractivity contribution in [2.45, 2.75) is 47.3 Å². The van der Waals surface area contributed by atoms with E-state index in [1.165, 1.54) is 62.0 Å². The van der Waals surface area contributed by atoms with Gasteiger partial charge in [0.25, 0.3) is 0 Å². The molecule has 5 rings (SSSR count). The van der Waals surface area contributed by atoms with Crippen molar-refractivity contribution in [1.82, 2.24) is 0 Å². The Morgan fingerprint density at radius 2 is 0.968 bits per heavy atom. The van der Waals surface area contributed by atoms with Crippen LogP contribution in [0.4, 0.5) is 0 Å². The molecule has 4 aromatic carbocycles. The fraction of sp³-hybridized carbons (Fsp3) is 0.143. The molecule has 0 bridgehead atoms.